The smallest absolute Gasteiger partial charge is 0.254 e. The maximum absolute atomic E-state index is 12.4. The van der Waals surface area contributed by atoms with Gasteiger partial charge in [-0.15, -0.1) is 0 Å². The molecular formula is C15H21N3O2. The molecule has 5 heteroatoms. The van der Waals surface area contributed by atoms with Crippen molar-refractivity contribution in [2.75, 3.05) is 32.0 Å². The van der Waals surface area contributed by atoms with E-state index in [1.807, 2.05) is 25.1 Å². The molecule has 0 aromatic heterocycles. The maximum Gasteiger partial charge on any atom is 0.254 e. The molecule has 1 heterocycles. The first-order valence-corrected chi connectivity index (χ1v) is 7.02. The zero-order valence-electron chi connectivity index (χ0n) is 12.0. The van der Waals surface area contributed by atoms with Gasteiger partial charge in [-0.2, -0.15) is 0 Å². The molecule has 5 nitrogen and oxygen atoms in total. The van der Waals surface area contributed by atoms with Gasteiger partial charge in [-0.25, -0.2) is 0 Å². The van der Waals surface area contributed by atoms with Crippen molar-refractivity contribution in [1.82, 2.24) is 10.2 Å². The number of hydrogen-bond donors (Lipinski definition) is 2. The number of amides is 2. The van der Waals surface area contributed by atoms with Gasteiger partial charge in [0, 0.05) is 31.4 Å². The van der Waals surface area contributed by atoms with Gasteiger partial charge in [0.05, 0.1) is 6.54 Å². The molecule has 2 N–H and O–H groups in total. The average Bonchev–Trinajstić information content (AvgIpc) is 2.51. The van der Waals surface area contributed by atoms with E-state index in [0.29, 0.717) is 12.1 Å². The summed E-state index contributed by atoms with van der Waals surface area (Å²) in [5, 5.41) is 5.87. The first-order valence-electron chi connectivity index (χ1n) is 7.02. The van der Waals surface area contributed by atoms with Crippen molar-refractivity contribution < 1.29 is 9.59 Å². The number of hydrogen-bond acceptors (Lipinski definition) is 3. The summed E-state index contributed by atoms with van der Waals surface area (Å²) in [7, 11) is 1.57. The van der Waals surface area contributed by atoms with Gasteiger partial charge in [-0.1, -0.05) is 0 Å². The van der Waals surface area contributed by atoms with Crippen LogP contribution >= 0.6 is 0 Å². The van der Waals surface area contributed by atoms with Crippen LogP contribution in [0.3, 0.4) is 0 Å². The van der Waals surface area contributed by atoms with Crippen molar-refractivity contribution in [2.24, 2.45) is 0 Å². The molecule has 0 saturated carbocycles. The quantitative estimate of drug-likeness (QED) is 0.869. The number of benzene rings is 1. The van der Waals surface area contributed by atoms with Gasteiger partial charge >= 0.3 is 0 Å². The third-order valence-corrected chi connectivity index (χ3v) is 3.57. The summed E-state index contributed by atoms with van der Waals surface area (Å²) in [4.78, 5) is 25.4. The van der Waals surface area contributed by atoms with Crippen LogP contribution in [0.15, 0.2) is 18.2 Å². The third kappa shape index (κ3) is 3.10. The number of aryl methyl sites for hydroxylation is 1. The van der Waals surface area contributed by atoms with Crippen molar-refractivity contribution in [3.8, 4) is 0 Å². The van der Waals surface area contributed by atoms with Gasteiger partial charge in [0.15, 0.2) is 0 Å². The van der Waals surface area contributed by atoms with Crippen molar-refractivity contribution in [1.29, 1.82) is 0 Å². The monoisotopic (exact) mass is 275 g/mol. The fraction of sp³-hybridized carbons (Fsp3) is 0.467. The van der Waals surface area contributed by atoms with E-state index in [4.69, 9.17) is 0 Å². The number of nitrogens with one attached hydrogen (secondary N) is 2. The van der Waals surface area contributed by atoms with E-state index >= 15 is 0 Å². The van der Waals surface area contributed by atoms with Crippen molar-refractivity contribution in [2.45, 2.75) is 19.8 Å². The number of fused-ring (bicyclic) bond motifs is 1. The molecule has 108 valence electrons. The number of anilines is 1. The van der Waals surface area contributed by atoms with Gasteiger partial charge < -0.3 is 15.5 Å². The molecule has 0 atom stereocenters. The first kappa shape index (κ1) is 14.4. The highest BCUT2D eigenvalue weighted by Crippen LogP contribution is 2.23. The molecule has 0 aliphatic carbocycles. The number of carbonyl (C=O) groups excluding carboxylic acids is 2. The molecule has 2 rings (SSSR count). The fourth-order valence-electron chi connectivity index (χ4n) is 2.37. The summed E-state index contributed by atoms with van der Waals surface area (Å²) in [6, 6.07) is 5.72. The van der Waals surface area contributed by atoms with E-state index in [2.05, 4.69) is 10.6 Å². The van der Waals surface area contributed by atoms with Crippen LogP contribution in [0.1, 0.15) is 29.3 Å². The number of carbonyl (C=O) groups is 2. The minimum absolute atomic E-state index is 0.0931. The Morgan fingerprint density at radius 2 is 2.20 bits per heavy atom. The van der Waals surface area contributed by atoms with Crippen molar-refractivity contribution in [3.05, 3.63) is 29.3 Å². The third-order valence-electron chi connectivity index (χ3n) is 3.57. The Kier molecular flexibility index (Phi) is 4.61. The molecular weight excluding hydrogens is 254 g/mol. The SMILES string of the molecule is CCN(CC(=O)NC)C(=O)c1ccc2c(c1)CCCN2. The second-order valence-electron chi connectivity index (χ2n) is 4.89. The lowest BCUT2D eigenvalue weighted by molar-refractivity contribution is -0.121. The Morgan fingerprint density at radius 1 is 1.40 bits per heavy atom. The Balaban J connectivity index is 2.16. The van der Waals surface area contributed by atoms with E-state index in [1.165, 1.54) is 5.56 Å². The molecule has 0 saturated heterocycles. The van der Waals surface area contributed by atoms with Crippen molar-refractivity contribution in [3.63, 3.8) is 0 Å². The molecule has 0 unspecified atom stereocenters. The highest BCUT2D eigenvalue weighted by molar-refractivity contribution is 5.97. The lowest BCUT2D eigenvalue weighted by Gasteiger charge is -2.22. The molecule has 0 radical (unpaired) electrons. The second kappa shape index (κ2) is 6.41. The van der Waals surface area contributed by atoms with E-state index < -0.39 is 0 Å². The van der Waals surface area contributed by atoms with Crippen LogP contribution in [-0.4, -0.2) is 43.4 Å². The minimum Gasteiger partial charge on any atom is -0.385 e. The maximum atomic E-state index is 12.4. The van der Waals surface area contributed by atoms with Gasteiger partial charge in [0.25, 0.3) is 5.91 Å². The van der Waals surface area contributed by atoms with Crippen LogP contribution in [0.25, 0.3) is 0 Å². The van der Waals surface area contributed by atoms with Crippen LogP contribution < -0.4 is 10.6 Å². The molecule has 0 fully saturated rings. The number of rotatable bonds is 4. The van der Waals surface area contributed by atoms with Crippen LogP contribution in [-0.2, 0) is 11.2 Å². The summed E-state index contributed by atoms with van der Waals surface area (Å²) < 4.78 is 0. The normalized spacial score (nSPS) is 13.1. The number of likely N-dealkylation sites (N-methyl/N-ethyl adjacent to an activating group) is 2. The Labute approximate surface area is 119 Å². The molecule has 2 amide bonds. The average molecular weight is 275 g/mol. The van der Waals surface area contributed by atoms with Gasteiger partial charge in [-0.3, -0.25) is 9.59 Å². The zero-order valence-corrected chi connectivity index (χ0v) is 12.0. The summed E-state index contributed by atoms with van der Waals surface area (Å²) in [6.45, 7) is 3.47. The first-order chi connectivity index (χ1) is 9.65. The van der Waals surface area contributed by atoms with E-state index in [9.17, 15) is 9.59 Å². The molecule has 0 bridgehead atoms. The van der Waals surface area contributed by atoms with Gasteiger partial charge in [-0.05, 0) is 43.5 Å². The van der Waals surface area contributed by atoms with Crippen LogP contribution in [0, 0.1) is 0 Å². The lowest BCUT2D eigenvalue weighted by Crippen LogP contribution is -2.39. The Morgan fingerprint density at radius 3 is 2.90 bits per heavy atom. The van der Waals surface area contributed by atoms with E-state index in [0.717, 1.165) is 25.1 Å². The largest absolute Gasteiger partial charge is 0.385 e. The molecule has 1 aliphatic rings. The predicted molar refractivity (Wildman–Crippen MR) is 78.9 cm³/mol. The van der Waals surface area contributed by atoms with E-state index in [1.54, 1.807) is 11.9 Å². The molecule has 0 spiro atoms. The molecule has 1 aromatic carbocycles. The summed E-state index contributed by atoms with van der Waals surface area (Å²) in [5.41, 5.74) is 2.94. The van der Waals surface area contributed by atoms with Crippen LogP contribution in [0.2, 0.25) is 0 Å². The van der Waals surface area contributed by atoms with Crippen LogP contribution in [0.4, 0.5) is 5.69 Å². The zero-order chi connectivity index (χ0) is 14.5. The molecule has 1 aromatic rings. The highest BCUT2D eigenvalue weighted by atomic mass is 16.2. The standard InChI is InChI=1S/C15H21N3O2/c1-3-18(10-14(19)16-2)15(20)12-6-7-13-11(9-12)5-4-8-17-13/h6-7,9,17H,3-5,8,10H2,1-2H3,(H,16,19). The van der Waals surface area contributed by atoms with Crippen LogP contribution in [0.5, 0.6) is 0 Å². The van der Waals surface area contributed by atoms with E-state index in [-0.39, 0.29) is 18.4 Å². The topological polar surface area (TPSA) is 61.4 Å². The Bertz CT molecular complexity index is 514. The molecule has 20 heavy (non-hydrogen) atoms. The predicted octanol–water partition coefficient (Wildman–Crippen LogP) is 1.25. The highest BCUT2D eigenvalue weighted by Gasteiger charge is 2.18. The van der Waals surface area contributed by atoms with Crippen molar-refractivity contribution >= 4 is 17.5 Å². The fourth-order valence-corrected chi connectivity index (χ4v) is 2.37. The number of nitrogens with zero attached hydrogens (tertiary/aromatic N) is 1. The summed E-state index contributed by atoms with van der Waals surface area (Å²) >= 11 is 0. The minimum atomic E-state index is -0.153. The summed E-state index contributed by atoms with van der Waals surface area (Å²) in [5.74, 6) is -0.246. The Hall–Kier alpha value is -2.04. The molecule has 1 aliphatic heterocycles. The second-order valence-corrected chi connectivity index (χ2v) is 4.89. The summed E-state index contributed by atoms with van der Waals surface area (Å²) in [6.07, 6.45) is 2.07. The lowest BCUT2D eigenvalue weighted by atomic mass is 10.0. The van der Waals surface area contributed by atoms with Gasteiger partial charge in [0.2, 0.25) is 5.91 Å². The van der Waals surface area contributed by atoms with Gasteiger partial charge in [0.1, 0.15) is 0 Å².